The summed E-state index contributed by atoms with van der Waals surface area (Å²) in [5.41, 5.74) is 3.78. The van der Waals surface area contributed by atoms with Crippen LogP contribution in [0.5, 0.6) is 0 Å². The summed E-state index contributed by atoms with van der Waals surface area (Å²) in [4.78, 5) is 10.9. The summed E-state index contributed by atoms with van der Waals surface area (Å²) in [5, 5.41) is 8.98. The first-order chi connectivity index (χ1) is 7.53. The fourth-order valence-corrected chi connectivity index (χ4v) is 2.56. The highest BCUT2D eigenvalue weighted by Crippen LogP contribution is 2.46. The van der Waals surface area contributed by atoms with E-state index >= 15 is 0 Å². The highest BCUT2D eigenvalue weighted by atomic mass is 16.4. The van der Waals surface area contributed by atoms with E-state index in [9.17, 15) is 4.79 Å². The van der Waals surface area contributed by atoms with E-state index in [2.05, 4.69) is 47.6 Å². The summed E-state index contributed by atoms with van der Waals surface area (Å²) in [6, 6.07) is 0. The third-order valence-corrected chi connectivity index (χ3v) is 3.17. The van der Waals surface area contributed by atoms with Crippen molar-refractivity contribution in [2.75, 3.05) is 0 Å². The first-order valence-corrected chi connectivity index (χ1v) is 6.19. The van der Waals surface area contributed by atoms with Crippen molar-refractivity contribution in [3.05, 3.63) is 22.8 Å². The molecular weight excluding hydrogens is 212 g/mol. The molecule has 0 amide bonds. The Morgan fingerprint density at radius 2 is 1.71 bits per heavy atom. The number of carbonyl (C=O) groups is 1. The van der Waals surface area contributed by atoms with Crippen LogP contribution in [0.15, 0.2) is 22.8 Å². The van der Waals surface area contributed by atoms with Crippen LogP contribution in [0.3, 0.4) is 0 Å². The maximum absolute atomic E-state index is 10.9. The van der Waals surface area contributed by atoms with Crippen LogP contribution in [0.25, 0.3) is 0 Å². The van der Waals surface area contributed by atoms with E-state index in [0.29, 0.717) is 0 Å². The Kier molecular flexibility index (Phi) is 3.56. The van der Waals surface area contributed by atoms with E-state index in [1.807, 2.05) is 0 Å². The Hall–Kier alpha value is -1.05. The van der Waals surface area contributed by atoms with Gasteiger partial charge in [-0.3, -0.25) is 4.79 Å². The molecule has 0 saturated carbocycles. The molecule has 0 aliphatic heterocycles. The second-order valence-electron chi connectivity index (χ2n) is 6.86. The second-order valence-corrected chi connectivity index (χ2v) is 6.86. The molecule has 0 radical (unpaired) electrons. The average Bonchev–Trinajstić information content (AvgIpc) is 2.44. The maximum Gasteiger partial charge on any atom is 0.307 e. The van der Waals surface area contributed by atoms with Crippen LogP contribution in [0, 0.1) is 10.8 Å². The summed E-state index contributed by atoms with van der Waals surface area (Å²) >= 11 is 0. The minimum atomic E-state index is -0.742. The predicted molar refractivity (Wildman–Crippen MR) is 70.9 cm³/mol. The third kappa shape index (κ3) is 3.21. The molecule has 17 heavy (non-hydrogen) atoms. The second kappa shape index (κ2) is 4.32. The van der Waals surface area contributed by atoms with Gasteiger partial charge in [-0.2, -0.15) is 0 Å². The normalized spacial score (nSPS) is 17.4. The summed E-state index contributed by atoms with van der Waals surface area (Å²) in [6.07, 6.45) is 3.14. The SMILES string of the molecule is CC(C)(C)C1=C(C(C)(C)C)C(CC(=O)O)=CC1. The molecule has 0 fully saturated rings. The van der Waals surface area contributed by atoms with Crippen molar-refractivity contribution in [3.8, 4) is 0 Å². The van der Waals surface area contributed by atoms with Gasteiger partial charge >= 0.3 is 5.97 Å². The summed E-state index contributed by atoms with van der Waals surface area (Å²) < 4.78 is 0. The standard InChI is InChI=1S/C15H24O2/c1-14(2,3)11-8-7-10(9-12(16)17)13(11)15(4,5)6/h7H,8-9H2,1-6H3,(H,16,17). The van der Waals surface area contributed by atoms with E-state index in [4.69, 9.17) is 5.11 Å². The summed E-state index contributed by atoms with van der Waals surface area (Å²) in [7, 11) is 0. The molecule has 2 heteroatoms. The molecular formula is C15H24O2. The lowest BCUT2D eigenvalue weighted by Gasteiger charge is -2.31. The fourth-order valence-electron chi connectivity index (χ4n) is 2.56. The van der Waals surface area contributed by atoms with Crippen LogP contribution in [0.1, 0.15) is 54.4 Å². The Balaban J connectivity index is 3.22. The quantitative estimate of drug-likeness (QED) is 0.781. The van der Waals surface area contributed by atoms with Gasteiger partial charge in [0.05, 0.1) is 6.42 Å². The minimum absolute atomic E-state index is 0.0143. The van der Waals surface area contributed by atoms with Crippen molar-refractivity contribution in [1.82, 2.24) is 0 Å². The predicted octanol–water partition coefficient (Wildman–Crippen LogP) is 4.18. The molecule has 0 heterocycles. The lowest BCUT2D eigenvalue weighted by molar-refractivity contribution is -0.136. The number of hydrogen-bond donors (Lipinski definition) is 1. The molecule has 0 aromatic carbocycles. The van der Waals surface area contributed by atoms with Gasteiger partial charge in [-0.15, -0.1) is 0 Å². The van der Waals surface area contributed by atoms with Gasteiger partial charge in [-0.05, 0) is 28.4 Å². The molecule has 1 aliphatic carbocycles. The zero-order chi connectivity index (χ0) is 13.4. The molecule has 96 valence electrons. The lowest BCUT2D eigenvalue weighted by atomic mass is 9.74. The van der Waals surface area contributed by atoms with Gasteiger partial charge in [-0.1, -0.05) is 53.2 Å². The van der Waals surface area contributed by atoms with Gasteiger partial charge in [0.2, 0.25) is 0 Å². The van der Waals surface area contributed by atoms with Crippen molar-refractivity contribution in [1.29, 1.82) is 0 Å². The van der Waals surface area contributed by atoms with Crippen LogP contribution in [-0.4, -0.2) is 11.1 Å². The molecule has 0 spiro atoms. The largest absolute Gasteiger partial charge is 0.481 e. The van der Waals surface area contributed by atoms with Gasteiger partial charge in [0.25, 0.3) is 0 Å². The van der Waals surface area contributed by atoms with Gasteiger partial charge in [0.1, 0.15) is 0 Å². The molecule has 1 rings (SSSR count). The third-order valence-electron chi connectivity index (χ3n) is 3.17. The Morgan fingerprint density at radius 3 is 2.06 bits per heavy atom. The highest BCUT2D eigenvalue weighted by Gasteiger charge is 2.33. The van der Waals surface area contributed by atoms with Crippen LogP contribution >= 0.6 is 0 Å². The first kappa shape index (κ1) is 14.0. The van der Waals surface area contributed by atoms with E-state index in [-0.39, 0.29) is 17.3 Å². The number of rotatable bonds is 2. The van der Waals surface area contributed by atoms with E-state index in [1.54, 1.807) is 0 Å². The summed E-state index contributed by atoms with van der Waals surface area (Å²) in [6.45, 7) is 13.1. The number of hydrogen-bond acceptors (Lipinski definition) is 1. The Morgan fingerprint density at radius 1 is 1.18 bits per heavy atom. The van der Waals surface area contributed by atoms with Gasteiger partial charge < -0.3 is 5.11 Å². The van der Waals surface area contributed by atoms with Crippen molar-refractivity contribution in [2.45, 2.75) is 54.4 Å². The van der Waals surface area contributed by atoms with Crippen molar-refractivity contribution in [2.24, 2.45) is 10.8 Å². The molecule has 0 aromatic rings. The van der Waals surface area contributed by atoms with Crippen LogP contribution < -0.4 is 0 Å². The highest BCUT2D eigenvalue weighted by molar-refractivity contribution is 5.73. The Bertz CT molecular complexity index is 384. The average molecular weight is 236 g/mol. The van der Waals surface area contributed by atoms with Crippen molar-refractivity contribution >= 4 is 5.97 Å². The van der Waals surface area contributed by atoms with E-state index in [0.717, 1.165) is 12.0 Å². The zero-order valence-corrected chi connectivity index (χ0v) is 11.8. The lowest BCUT2D eigenvalue weighted by Crippen LogP contribution is -2.19. The van der Waals surface area contributed by atoms with Crippen molar-refractivity contribution < 1.29 is 9.90 Å². The van der Waals surface area contributed by atoms with Gasteiger partial charge in [-0.25, -0.2) is 0 Å². The molecule has 0 aromatic heterocycles. The first-order valence-electron chi connectivity index (χ1n) is 6.19. The van der Waals surface area contributed by atoms with Gasteiger partial charge in [0, 0.05) is 0 Å². The smallest absolute Gasteiger partial charge is 0.307 e. The molecule has 0 atom stereocenters. The number of carboxylic acid groups (broad SMARTS) is 1. The molecule has 2 nitrogen and oxygen atoms in total. The maximum atomic E-state index is 10.9. The minimum Gasteiger partial charge on any atom is -0.481 e. The molecule has 0 bridgehead atoms. The van der Waals surface area contributed by atoms with Crippen molar-refractivity contribution in [3.63, 3.8) is 0 Å². The van der Waals surface area contributed by atoms with Crippen LogP contribution in [-0.2, 0) is 4.79 Å². The van der Waals surface area contributed by atoms with Crippen LogP contribution in [0.4, 0.5) is 0 Å². The zero-order valence-electron chi connectivity index (χ0n) is 11.8. The molecule has 0 saturated heterocycles. The summed E-state index contributed by atoms with van der Waals surface area (Å²) in [5.74, 6) is -0.742. The van der Waals surface area contributed by atoms with Gasteiger partial charge in [0.15, 0.2) is 0 Å². The number of aliphatic carboxylic acids is 1. The van der Waals surface area contributed by atoms with E-state index in [1.165, 1.54) is 11.1 Å². The topological polar surface area (TPSA) is 37.3 Å². The molecule has 0 unspecified atom stereocenters. The molecule has 1 N–H and O–H groups in total. The fraction of sp³-hybridized carbons (Fsp3) is 0.667. The monoisotopic (exact) mass is 236 g/mol. The Labute approximate surface area is 104 Å². The molecule has 1 aliphatic rings. The van der Waals surface area contributed by atoms with E-state index < -0.39 is 5.97 Å². The number of allylic oxidation sites excluding steroid dienone is 3. The number of carboxylic acids is 1. The van der Waals surface area contributed by atoms with Crippen LogP contribution in [0.2, 0.25) is 0 Å².